The minimum Gasteiger partial charge on any atom is -0.480 e. The summed E-state index contributed by atoms with van der Waals surface area (Å²) in [6.45, 7) is 1.04. The first-order valence-corrected chi connectivity index (χ1v) is 5.32. The molecule has 2 N–H and O–H groups in total. The molecular formula is C10H17NO3. The second kappa shape index (κ2) is 4.28. The lowest BCUT2D eigenvalue weighted by Crippen LogP contribution is -2.41. The maximum atomic E-state index is 10.8. The number of carboxylic acids is 1. The largest absolute Gasteiger partial charge is 0.480 e. The van der Waals surface area contributed by atoms with Gasteiger partial charge in [-0.1, -0.05) is 0 Å². The van der Waals surface area contributed by atoms with Crippen molar-refractivity contribution in [3.63, 3.8) is 0 Å². The average Bonchev–Trinajstić information content (AvgIpc) is 2.98. The van der Waals surface area contributed by atoms with Crippen LogP contribution in [-0.4, -0.2) is 36.4 Å². The lowest BCUT2D eigenvalue weighted by atomic mass is 10.3. The summed E-state index contributed by atoms with van der Waals surface area (Å²) in [5, 5.41) is 11.9. The summed E-state index contributed by atoms with van der Waals surface area (Å²) in [6.07, 6.45) is 4.69. The zero-order valence-electron chi connectivity index (χ0n) is 8.24. The third-order valence-corrected chi connectivity index (χ3v) is 2.65. The summed E-state index contributed by atoms with van der Waals surface area (Å²) < 4.78 is 5.37. The van der Waals surface area contributed by atoms with Crippen LogP contribution in [0.25, 0.3) is 0 Å². The first-order valence-electron chi connectivity index (χ1n) is 5.32. The maximum Gasteiger partial charge on any atom is 0.323 e. The summed E-state index contributed by atoms with van der Waals surface area (Å²) in [5.74, 6) is -0.0990. The third-order valence-electron chi connectivity index (χ3n) is 2.65. The van der Waals surface area contributed by atoms with Crippen LogP contribution in [0.4, 0.5) is 0 Å². The van der Waals surface area contributed by atoms with Gasteiger partial charge in [0.05, 0.1) is 6.61 Å². The van der Waals surface area contributed by atoms with E-state index in [9.17, 15) is 4.79 Å². The number of hydrogen-bond donors (Lipinski definition) is 2. The van der Waals surface area contributed by atoms with E-state index in [1.54, 1.807) is 0 Å². The SMILES string of the molecule is O=C(O)C(COCC1CC1)NC1CC1. The van der Waals surface area contributed by atoms with Crippen LogP contribution in [0.1, 0.15) is 25.7 Å². The Morgan fingerprint density at radius 2 is 2.14 bits per heavy atom. The van der Waals surface area contributed by atoms with Crippen molar-refractivity contribution in [1.82, 2.24) is 5.32 Å². The van der Waals surface area contributed by atoms with Crippen molar-refractivity contribution < 1.29 is 14.6 Å². The summed E-state index contributed by atoms with van der Waals surface area (Å²) in [7, 11) is 0. The summed E-state index contributed by atoms with van der Waals surface area (Å²) in [5.41, 5.74) is 0. The van der Waals surface area contributed by atoms with Gasteiger partial charge >= 0.3 is 5.97 Å². The van der Waals surface area contributed by atoms with Gasteiger partial charge in [0.1, 0.15) is 6.04 Å². The molecule has 0 amide bonds. The molecule has 2 rings (SSSR count). The number of nitrogens with one attached hydrogen (secondary N) is 1. The van der Waals surface area contributed by atoms with Crippen LogP contribution < -0.4 is 5.32 Å². The Bertz CT molecular complexity index is 211. The standard InChI is InChI=1S/C10H17NO3/c12-10(13)9(11-8-3-4-8)6-14-5-7-1-2-7/h7-9,11H,1-6H2,(H,12,13). The molecule has 0 aliphatic heterocycles. The Hall–Kier alpha value is -0.610. The highest BCUT2D eigenvalue weighted by Gasteiger charge is 2.29. The molecular weight excluding hydrogens is 182 g/mol. The lowest BCUT2D eigenvalue weighted by molar-refractivity contribution is -0.141. The molecule has 80 valence electrons. The van der Waals surface area contributed by atoms with Gasteiger partial charge in [0.25, 0.3) is 0 Å². The highest BCUT2D eigenvalue weighted by Crippen LogP contribution is 2.28. The van der Waals surface area contributed by atoms with Crippen LogP contribution in [0, 0.1) is 5.92 Å². The van der Waals surface area contributed by atoms with Gasteiger partial charge in [-0.3, -0.25) is 10.1 Å². The first kappa shape index (κ1) is 9.93. The normalized spacial score (nSPS) is 23.4. The average molecular weight is 199 g/mol. The minimum atomic E-state index is -0.798. The van der Waals surface area contributed by atoms with Crippen molar-refractivity contribution in [2.75, 3.05) is 13.2 Å². The van der Waals surface area contributed by atoms with E-state index in [-0.39, 0.29) is 0 Å². The maximum absolute atomic E-state index is 10.8. The second-order valence-electron chi connectivity index (χ2n) is 4.31. The number of carboxylic acid groups (broad SMARTS) is 1. The number of rotatable bonds is 7. The van der Waals surface area contributed by atoms with Crippen molar-refractivity contribution >= 4 is 5.97 Å². The van der Waals surface area contributed by atoms with Crippen LogP contribution in [0.5, 0.6) is 0 Å². The molecule has 0 spiro atoms. The van der Waals surface area contributed by atoms with E-state index >= 15 is 0 Å². The highest BCUT2D eigenvalue weighted by atomic mass is 16.5. The summed E-state index contributed by atoms with van der Waals surface area (Å²) >= 11 is 0. The topological polar surface area (TPSA) is 58.6 Å². The van der Waals surface area contributed by atoms with E-state index in [1.165, 1.54) is 12.8 Å². The van der Waals surface area contributed by atoms with Gasteiger partial charge < -0.3 is 9.84 Å². The summed E-state index contributed by atoms with van der Waals surface area (Å²) in [6, 6.07) is -0.0955. The van der Waals surface area contributed by atoms with Gasteiger partial charge in [0, 0.05) is 12.6 Å². The Morgan fingerprint density at radius 1 is 1.43 bits per heavy atom. The fourth-order valence-corrected chi connectivity index (χ4v) is 1.36. The van der Waals surface area contributed by atoms with E-state index in [1.807, 2.05) is 0 Å². The molecule has 0 aromatic rings. The predicted octanol–water partition coefficient (Wildman–Crippen LogP) is 0.618. The van der Waals surface area contributed by atoms with Gasteiger partial charge in [-0.2, -0.15) is 0 Å². The van der Waals surface area contributed by atoms with E-state index in [0.29, 0.717) is 18.6 Å². The van der Waals surface area contributed by atoms with E-state index in [2.05, 4.69) is 5.32 Å². The van der Waals surface area contributed by atoms with E-state index in [0.717, 1.165) is 19.4 Å². The summed E-state index contributed by atoms with van der Waals surface area (Å²) in [4.78, 5) is 10.8. The quantitative estimate of drug-likeness (QED) is 0.631. The molecule has 0 saturated heterocycles. The molecule has 4 heteroatoms. The van der Waals surface area contributed by atoms with Gasteiger partial charge in [-0.25, -0.2) is 0 Å². The fraction of sp³-hybridized carbons (Fsp3) is 0.900. The van der Waals surface area contributed by atoms with Gasteiger partial charge in [0.2, 0.25) is 0 Å². The van der Waals surface area contributed by atoms with Crippen LogP contribution in [0.3, 0.4) is 0 Å². The zero-order chi connectivity index (χ0) is 9.97. The Kier molecular flexibility index (Phi) is 3.03. The molecule has 1 atom stereocenters. The van der Waals surface area contributed by atoms with E-state index < -0.39 is 12.0 Å². The number of aliphatic carboxylic acids is 1. The molecule has 2 aliphatic carbocycles. The van der Waals surface area contributed by atoms with Crippen LogP contribution in [0.2, 0.25) is 0 Å². The molecule has 0 aromatic carbocycles. The fourth-order valence-electron chi connectivity index (χ4n) is 1.36. The van der Waals surface area contributed by atoms with Crippen LogP contribution in [0.15, 0.2) is 0 Å². The Labute approximate surface area is 83.6 Å². The van der Waals surface area contributed by atoms with Crippen molar-refractivity contribution in [1.29, 1.82) is 0 Å². The monoisotopic (exact) mass is 199 g/mol. The van der Waals surface area contributed by atoms with Crippen molar-refractivity contribution in [3.05, 3.63) is 0 Å². The van der Waals surface area contributed by atoms with Gasteiger partial charge in [-0.15, -0.1) is 0 Å². The number of ether oxygens (including phenoxy) is 1. The van der Waals surface area contributed by atoms with E-state index in [4.69, 9.17) is 9.84 Å². The molecule has 1 unspecified atom stereocenters. The van der Waals surface area contributed by atoms with Crippen molar-refractivity contribution in [3.8, 4) is 0 Å². The first-order chi connectivity index (χ1) is 6.75. The Balaban J connectivity index is 1.63. The molecule has 0 bridgehead atoms. The molecule has 14 heavy (non-hydrogen) atoms. The second-order valence-corrected chi connectivity index (χ2v) is 4.31. The van der Waals surface area contributed by atoms with Crippen molar-refractivity contribution in [2.45, 2.75) is 37.8 Å². The van der Waals surface area contributed by atoms with Gasteiger partial charge in [0.15, 0.2) is 0 Å². The molecule has 0 heterocycles. The number of carbonyl (C=O) groups is 1. The third kappa shape index (κ3) is 3.27. The minimum absolute atomic E-state index is 0.308. The molecule has 4 nitrogen and oxygen atoms in total. The predicted molar refractivity (Wildman–Crippen MR) is 51.1 cm³/mol. The lowest BCUT2D eigenvalue weighted by Gasteiger charge is -2.13. The number of hydrogen-bond acceptors (Lipinski definition) is 3. The molecule has 2 fully saturated rings. The van der Waals surface area contributed by atoms with Gasteiger partial charge in [-0.05, 0) is 31.6 Å². The van der Waals surface area contributed by atoms with Crippen molar-refractivity contribution in [2.24, 2.45) is 5.92 Å². The van der Waals surface area contributed by atoms with Crippen LogP contribution in [-0.2, 0) is 9.53 Å². The zero-order valence-corrected chi connectivity index (χ0v) is 8.24. The molecule has 0 aromatic heterocycles. The highest BCUT2D eigenvalue weighted by molar-refractivity contribution is 5.73. The Morgan fingerprint density at radius 3 is 2.64 bits per heavy atom. The smallest absolute Gasteiger partial charge is 0.323 e. The molecule has 2 aliphatic rings. The molecule has 2 saturated carbocycles. The molecule has 0 radical (unpaired) electrons. The van der Waals surface area contributed by atoms with Crippen LogP contribution >= 0.6 is 0 Å².